The summed E-state index contributed by atoms with van der Waals surface area (Å²) < 4.78 is 6.49. The monoisotopic (exact) mass is 646 g/mol. The Balaban J connectivity index is 0.00000480. The first kappa shape index (κ1) is 34.5. The predicted octanol–water partition coefficient (Wildman–Crippen LogP) is 3.10. The second-order valence-corrected chi connectivity index (χ2v) is 11.8. The molecule has 2 heterocycles. The van der Waals surface area contributed by atoms with Crippen LogP contribution in [0.5, 0.6) is 0 Å². The van der Waals surface area contributed by atoms with Gasteiger partial charge in [0.15, 0.2) is 0 Å². The Morgan fingerprint density at radius 1 is 0.957 bits per heavy atom. The molecule has 1 N–H and O–H groups in total. The number of hydrogen-bond acceptors (Lipinski definition) is 6. The molecule has 1 saturated heterocycles. The molecule has 0 saturated carbocycles. The van der Waals surface area contributed by atoms with Crippen LogP contribution in [0.4, 0.5) is 0 Å². The second-order valence-electron chi connectivity index (χ2n) is 11.8. The van der Waals surface area contributed by atoms with E-state index in [4.69, 9.17) is 4.74 Å². The number of fused-ring (bicyclic) bond motifs is 1. The van der Waals surface area contributed by atoms with Gasteiger partial charge in [0.25, 0.3) is 11.5 Å². The largest absolute Gasteiger partial charge is 0.465 e. The molecular weight excluding hydrogens is 604 g/mol. The molecule has 0 unspecified atom stereocenters. The van der Waals surface area contributed by atoms with E-state index in [0.717, 1.165) is 16.7 Å². The molecule has 10 nitrogen and oxygen atoms in total. The van der Waals surface area contributed by atoms with E-state index >= 15 is 0 Å². The molecule has 11 heteroatoms. The number of benzene rings is 2. The first-order chi connectivity index (χ1) is 21.7. The molecule has 0 spiro atoms. The Labute approximate surface area is 276 Å². The fraction of sp³-hybridized carbons (Fsp3) is 0.400. The van der Waals surface area contributed by atoms with Crippen molar-refractivity contribution >= 4 is 37.2 Å². The van der Waals surface area contributed by atoms with Crippen molar-refractivity contribution in [3.8, 4) is 0 Å². The van der Waals surface area contributed by atoms with Crippen LogP contribution in [-0.4, -0.2) is 77.4 Å². The summed E-state index contributed by atoms with van der Waals surface area (Å²) in [5.74, 6) is -1.53. The zero-order valence-corrected chi connectivity index (χ0v) is 27.5. The van der Waals surface area contributed by atoms with Crippen molar-refractivity contribution in [2.45, 2.75) is 50.0 Å². The lowest BCUT2D eigenvalue weighted by Gasteiger charge is -2.44. The molecule has 1 aromatic heterocycles. The van der Waals surface area contributed by atoms with E-state index in [1.807, 2.05) is 59.5 Å². The summed E-state index contributed by atoms with van der Waals surface area (Å²) in [5.41, 5.74) is 1.08. The predicted molar refractivity (Wildman–Crippen MR) is 179 cm³/mol. The number of nitrogens with one attached hydrogen (secondary N) is 1. The zero-order valence-electron chi connectivity index (χ0n) is 26.5. The van der Waals surface area contributed by atoms with Crippen LogP contribution in [0, 0.1) is 0 Å². The molecular formula is C35H42N4O6S. The lowest BCUT2D eigenvalue weighted by Crippen LogP contribution is -2.52. The van der Waals surface area contributed by atoms with Gasteiger partial charge in [0, 0.05) is 39.4 Å². The number of carbonyl (C=O) groups excluding carboxylic acids is 4. The van der Waals surface area contributed by atoms with Crippen LogP contribution in [0.2, 0.25) is 0 Å². The van der Waals surface area contributed by atoms with E-state index in [-0.39, 0.29) is 55.6 Å². The van der Waals surface area contributed by atoms with E-state index in [1.165, 1.54) is 15.5 Å². The number of aromatic nitrogens is 1. The van der Waals surface area contributed by atoms with Gasteiger partial charge in [-0.1, -0.05) is 54.6 Å². The van der Waals surface area contributed by atoms with Crippen LogP contribution in [0.1, 0.15) is 65.6 Å². The molecule has 5 rings (SSSR count). The number of esters is 1. The van der Waals surface area contributed by atoms with Crippen LogP contribution in [-0.2, 0) is 31.6 Å². The van der Waals surface area contributed by atoms with Gasteiger partial charge in [0.1, 0.15) is 12.1 Å². The van der Waals surface area contributed by atoms with Crippen LogP contribution < -0.4 is 10.9 Å². The van der Waals surface area contributed by atoms with E-state index in [0.29, 0.717) is 38.8 Å². The molecule has 244 valence electrons. The van der Waals surface area contributed by atoms with E-state index in [2.05, 4.69) is 5.32 Å². The number of likely N-dealkylation sites (tertiary alicyclic amines) is 1. The number of likely N-dealkylation sites (N-methyl/N-ethyl adjacent to an activating group) is 1. The van der Waals surface area contributed by atoms with Crippen molar-refractivity contribution in [2.75, 3.05) is 33.3 Å². The van der Waals surface area contributed by atoms with Gasteiger partial charge in [0.2, 0.25) is 11.8 Å². The van der Waals surface area contributed by atoms with Gasteiger partial charge in [-0.3, -0.25) is 24.0 Å². The molecule has 0 bridgehead atoms. The summed E-state index contributed by atoms with van der Waals surface area (Å²) in [7, 11) is 3.22. The summed E-state index contributed by atoms with van der Waals surface area (Å²) in [6.07, 6.45) is 3.61. The molecule has 2 aromatic carbocycles. The van der Waals surface area contributed by atoms with Crippen molar-refractivity contribution < 1.29 is 23.9 Å². The number of nitrogens with zero attached hydrogens (tertiary/aromatic N) is 3. The highest BCUT2D eigenvalue weighted by Gasteiger charge is 2.50. The number of pyridine rings is 1. The van der Waals surface area contributed by atoms with Gasteiger partial charge in [0.05, 0.1) is 17.9 Å². The van der Waals surface area contributed by atoms with Crippen LogP contribution in [0.3, 0.4) is 0 Å². The number of ether oxygens (including phenoxy) is 1. The molecule has 3 amide bonds. The molecule has 0 radical (unpaired) electrons. The number of carbonyl (C=O) groups is 4. The van der Waals surface area contributed by atoms with Crippen molar-refractivity contribution in [3.63, 3.8) is 0 Å². The highest BCUT2D eigenvalue weighted by atomic mass is 32.1. The minimum Gasteiger partial charge on any atom is -0.465 e. The van der Waals surface area contributed by atoms with Gasteiger partial charge < -0.3 is 24.4 Å². The van der Waals surface area contributed by atoms with Crippen LogP contribution in [0.25, 0.3) is 0 Å². The molecule has 1 aliphatic carbocycles. The zero-order chi connectivity index (χ0) is 32.1. The second kappa shape index (κ2) is 14.8. The normalized spacial score (nSPS) is 19.3. The fourth-order valence-corrected chi connectivity index (χ4v) is 6.76. The Hall–Kier alpha value is -4.38. The van der Waals surface area contributed by atoms with Gasteiger partial charge in [-0.25, -0.2) is 0 Å². The minimum atomic E-state index is -1.07. The Kier molecular flexibility index (Phi) is 11.1. The average Bonchev–Trinajstić information content (AvgIpc) is 3.05. The van der Waals surface area contributed by atoms with Crippen molar-refractivity contribution in [1.82, 2.24) is 19.7 Å². The molecule has 3 aromatic rings. The molecule has 2 aliphatic rings. The molecule has 1 aliphatic heterocycles. The quantitative estimate of drug-likeness (QED) is 0.376. The van der Waals surface area contributed by atoms with Crippen LogP contribution >= 0.6 is 13.5 Å². The van der Waals surface area contributed by atoms with E-state index < -0.39 is 23.2 Å². The third-order valence-electron chi connectivity index (χ3n) is 9.06. The maximum atomic E-state index is 14.3. The van der Waals surface area contributed by atoms with Crippen molar-refractivity contribution in [3.05, 3.63) is 106 Å². The van der Waals surface area contributed by atoms with Crippen molar-refractivity contribution in [2.24, 2.45) is 7.05 Å². The first-order valence-electron chi connectivity index (χ1n) is 15.5. The molecule has 2 atom stereocenters. The average molecular weight is 647 g/mol. The number of piperidine rings is 1. The number of rotatable bonds is 8. The van der Waals surface area contributed by atoms with Crippen molar-refractivity contribution in [1.29, 1.82) is 0 Å². The standard InChI is InChI=1S/C35H40N4O6.H2S/c1-4-45-30(40)23-38(3)34(44)35(24-11-6-5-7-12-24)19-16-27(26-13-8-9-15-29(26)35)33(43)39-21-17-25(18-22-39)36-31(41)28-14-10-20-37(2)32(28)42;/h5-15,20,25,27H,4,16-19,21-23H2,1-3H3,(H,36,41);1H2/t27-,35+;/m0./s1. The highest BCUT2D eigenvalue weighted by molar-refractivity contribution is 7.59. The SMILES string of the molecule is CCOC(=O)CN(C)C(=O)[C@@]1(c2ccccc2)CC[C@H](C(=O)N2CCC(NC(=O)c3cccn(C)c3=O)CC2)c2ccccc21.S. The third kappa shape index (κ3) is 6.74. The smallest absolute Gasteiger partial charge is 0.325 e. The summed E-state index contributed by atoms with van der Waals surface area (Å²) in [5, 5.41) is 2.97. The summed E-state index contributed by atoms with van der Waals surface area (Å²) in [6, 6.07) is 20.2. The number of aryl methyl sites for hydroxylation is 1. The minimum absolute atomic E-state index is 0. The Bertz CT molecular complexity index is 1640. The van der Waals surface area contributed by atoms with Gasteiger partial charge in [-0.05, 0) is 61.4 Å². The lowest BCUT2D eigenvalue weighted by molar-refractivity contribution is -0.149. The van der Waals surface area contributed by atoms with Gasteiger partial charge in [-0.15, -0.1) is 0 Å². The molecule has 46 heavy (non-hydrogen) atoms. The van der Waals surface area contributed by atoms with E-state index in [1.54, 1.807) is 33.3 Å². The van der Waals surface area contributed by atoms with E-state index in [9.17, 15) is 24.0 Å². The highest BCUT2D eigenvalue weighted by Crippen LogP contribution is 2.48. The first-order valence-corrected chi connectivity index (χ1v) is 15.5. The maximum absolute atomic E-state index is 14.3. The topological polar surface area (TPSA) is 118 Å². The maximum Gasteiger partial charge on any atom is 0.325 e. The number of amides is 3. The third-order valence-corrected chi connectivity index (χ3v) is 9.06. The summed E-state index contributed by atoms with van der Waals surface area (Å²) in [4.78, 5) is 69.1. The molecule has 1 fully saturated rings. The van der Waals surface area contributed by atoms with Gasteiger partial charge in [-0.2, -0.15) is 13.5 Å². The summed E-state index contributed by atoms with van der Waals surface area (Å²) >= 11 is 0. The van der Waals surface area contributed by atoms with Gasteiger partial charge >= 0.3 is 5.97 Å². The summed E-state index contributed by atoms with van der Waals surface area (Å²) in [6.45, 7) is 2.73. The number of hydrogen-bond donors (Lipinski definition) is 1. The lowest BCUT2D eigenvalue weighted by atomic mass is 9.62. The fourth-order valence-electron chi connectivity index (χ4n) is 6.76. The van der Waals surface area contributed by atoms with Crippen LogP contribution in [0.15, 0.2) is 77.7 Å². The Morgan fingerprint density at radius 3 is 2.33 bits per heavy atom. The Morgan fingerprint density at radius 2 is 1.63 bits per heavy atom.